The van der Waals surface area contributed by atoms with Crippen LogP contribution >= 0.6 is 0 Å². The van der Waals surface area contributed by atoms with Crippen LogP contribution in [0.25, 0.3) is 0 Å². The van der Waals surface area contributed by atoms with Gasteiger partial charge >= 0.3 is 6.09 Å². The molecule has 1 aliphatic heterocycles. The molecule has 1 fully saturated rings. The Kier molecular flexibility index (Phi) is 5.59. The lowest BCUT2D eigenvalue weighted by Crippen LogP contribution is -2.45. The zero-order valence-corrected chi connectivity index (χ0v) is 15.7. The Bertz CT molecular complexity index is 549. The van der Waals surface area contributed by atoms with Crippen molar-refractivity contribution >= 4 is 6.09 Å². The maximum absolute atomic E-state index is 12.6. The number of rotatable bonds is 4. The molecule has 2 atom stereocenters. The molecule has 2 unspecified atom stereocenters. The fraction of sp³-hybridized carbons (Fsp3) is 0.650. The van der Waals surface area contributed by atoms with E-state index >= 15 is 0 Å². The van der Waals surface area contributed by atoms with Crippen LogP contribution in [0.2, 0.25) is 0 Å². The van der Waals surface area contributed by atoms with E-state index in [4.69, 9.17) is 10.5 Å². The maximum Gasteiger partial charge on any atom is 0.410 e. The third-order valence-corrected chi connectivity index (χ3v) is 4.80. The molecule has 4 heteroatoms. The van der Waals surface area contributed by atoms with Crippen LogP contribution in [-0.2, 0) is 4.74 Å². The summed E-state index contributed by atoms with van der Waals surface area (Å²) in [6.07, 6.45) is 1.69. The molecule has 0 saturated carbocycles. The largest absolute Gasteiger partial charge is 0.444 e. The summed E-state index contributed by atoms with van der Waals surface area (Å²) in [6, 6.07) is 10.5. The Morgan fingerprint density at radius 3 is 2.50 bits per heavy atom. The number of nitrogens with zero attached hydrogens (tertiary/aromatic N) is 1. The molecule has 1 amide bonds. The summed E-state index contributed by atoms with van der Waals surface area (Å²) in [5.74, 6) is 0.779. The fourth-order valence-corrected chi connectivity index (χ4v) is 3.76. The first-order valence-corrected chi connectivity index (χ1v) is 8.90. The van der Waals surface area contributed by atoms with Gasteiger partial charge in [0.15, 0.2) is 0 Å². The summed E-state index contributed by atoms with van der Waals surface area (Å²) in [7, 11) is 0. The van der Waals surface area contributed by atoms with Crippen LogP contribution in [0.4, 0.5) is 4.79 Å². The van der Waals surface area contributed by atoms with Crippen molar-refractivity contribution in [2.75, 3.05) is 13.1 Å². The van der Waals surface area contributed by atoms with Crippen LogP contribution < -0.4 is 5.73 Å². The van der Waals surface area contributed by atoms with E-state index in [0.29, 0.717) is 18.4 Å². The van der Waals surface area contributed by atoms with Crippen LogP contribution in [0, 0.1) is 5.92 Å². The number of nitrogens with two attached hydrogens (primary N) is 1. The highest BCUT2D eigenvalue weighted by Gasteiger charge is 2.45. The second-order valence-corrected chi connectivity index (χ2v) is 8.46. The standard InChI is InChI=1S/C20H32N2O2/c1-19(2,3)24-18(23)22-14-16(13-20(22,4)5)17(11-12-21)15-9-7-6-8-10-15/h6-10,16-17H,11-14,21H2,1-5H3. The van der Waals surface area contributed by atoms with Crippen LogP contribution in [0.5, 0.6) is 0 Å². The van der Waals surface area contributed by atoms with E-state index in [1.165, 1.54) is 5.56 Å². The van der Waals surface area contributed by atoms with Crippen LogP contribution in [0.3, 0.4) is 0 Å². The number of hydrogen-bond donors (Lipinski definition) is 1. The molecule has 24 heavy (non-hydrogen) atoms. The van der Waals surface area contributed by atoms with Crippen molar-refractivity contribution < 1.29 is 9.53 Å². The SMILES string of the molecule is CC(C)(C)OC(=O)N1CC(C(CCN)c2ccccc2)CC1(C)C. The minimum Gasteiger partial charge on any atom is -0.444 e. The Hall–Kier alpha value is -1.55. The third-order valence-electron chi connectivity index (χ3n) is 4.80. The molecule has 0 radical (unpaired) electrons. The van der Waals surface area contributed by atoms with Crippen molar-refractivity contribution in [1.82, 2.24) is 4.90 Å². The van der Waals surface area contributed by atoms with Gasteiger partial charge in [-0.05, 0) is 71.4 Å². The third kappa shape index (κ3) is 4.50. The second-order valence-electron chi connectivity index (χ2n) is 8.46. The van der Waals surface area contributed by atoms with Gasteiger partial charge in [0.25, 0.3) is 0 Å². The highest BCUT2D eigenvalue weighted by Crippen LogP contribution is 2.42. The van der Waals surface area contributed by atoms with Gasteiger partial charge in [-0.3, -0.25) is 0 Å². The van der Waals surface area contributed by atoms with E-state index in [1.54, 1.807) is 0 Å². The number of ether oxygens (including phenoxy) is 1. The first-order valence-electron chi connectivity index (χ1n) is 8.90. The number of carbonyl (C=O) groups is 1. The van der Waals surface area contributed by atoms with Gasteiger partial charge in [-0.25, -0.2) is 4.79 Å². The number of carbonyl (C=O) groups excluding carboxylic acids is 1. The summed E-state index contributed by atoms with van der Waals surface area (Å²) in [4.78, 5) is 14.5. The first-order chi connectivity index (χ1) is 11.1. The van der Waals surface area contributed by atoms with Crippen molar-refractivity contribution in [2.45, 2.75) is 64.5 Å². The average Bonchev–Trinajstić information content (AvgIpc) is 2.79. The molecule has 2 rings (SSSR count). The summed E-state index contributed by atoms with van der Waals surface area (Å²) in [5, 5.41) is 0. The number of likely N-dealkylation sites (tertiary alicyclic amines) is 1. The quantitative estimate of drug-likeness (QED) is 0.901. The van der Waals surface area contributed by atoms with Gasteiger partial charge in [-0.15, -0.1) is 0 Å². The molecule has 0 aromatic heterocycles. The molecule has 134 valence electrons. The Morgan fingerprint density at radius 1 is 1.33 bits per heavy atom. The predicted octanol–water partition coefficient (Wildman–Crippen LogP) is 4.15. The second kappa shape index (κ2) is 7.14. The van der Waals surface area contributed by atoms with E-state index in [0.717, 1.165) is 19.4 Å². The molecule has 1 aliphatic rings. The number of hydrogen-bond acceptors (Lipinski definition) is 3. The van der Waals surface area contributed by atoms with Gasteiger partial charge < -0.3 is 15.4 Å². The maximum atomic E-state index is 12.6. The van der Waals surface area contributed by atoms with Crippen molar-refractivity contribution in [2.24, 2.45) is 11.7 Å². The lowest BCUT2D eigenvalue weighted by Gasteiger charge is -2.33. The fourth-order valence-electron chi connectivity index (χ4n) is 3.76. The minimum absolute atomic E-state index is 0.200. The van der Waals surface area contributed by atoms with Crippen LogP contribution in [-0.4, -0.2) is 35.2 Å². The lowest BCUT2D eigenvalue weighted by atomic mass is 9.80. The van der Waals surface area contributed by atoms with Crippen molar-refractivity contribution in [3.05, 3.63) is 35.9 Å². The highest BCUT2D eigenvalue weighted by atomic mass is 16.6. The first kappa shape index (κ1) is 18.8. The van der Waals surface area contributed by atoms with Gasteiger partial charge in [0.1, 0.15) is 5.60 Å². The van der Waals surface area contributed by atoms with Gasteiger partial charge in [-0.2, -0.15) is 0 Å². The Balaban J connectivity index is 2.19. The zero-order valence-electron chi connectivity index (χ0n) is 15.7. The Labute approximate surface area is 146 Å². The van der Waals surface area contributed by atoms with E-state index in [9.17, 15) is 4.79 Å². The summed E-state index contributed by atoms with van der Waals surface area (Å²) in [5.41, 5.74) is 6.52. The van der Waals surface area contributed by atoms with Crippen molar-refractivity contribution in [1.29, 1.82) is 0 Å². The predicted molar refractivity (Wildman–Crippen MR) is 98.0 cm³/mol. The summed E-state index contributed by atoms with van der Waals surface area (Å²) >= 11 is 0. The summed E-state index contributed by atoms with van der Waals surface area (Å²) < 4.78 is 5.61. The molecule has 1 aromatic rings. The van der Waals surface area contributed by atoms with Crippen LogP contribution in [0.1, 0.15) is 58.9 Å². The summed E-state index contributed by atoms with van der Waals surface area (Å²) in [6.45, 7) is 11.4. The Morgan fingerprint density at radius 2 is 1.96 bits per heavy atom. The molecule has 0 spiro atoms. The topological polar surface area (TPSA) is 55.6 Å². The van der Waals surface area contributed by atoms with Gasteiger partial charge in [0.05, 0.1) is 0 Å². The molecule has 1 saturated heterocycles. The van der Waals surface area contributed by atoms with Gasteiger partial charge in [0, 0.05) is 12.1 Å². The smallest absolute Gasteiger partial charge is 0.410 e. The molecule has 0 aliphatic carbocycles. The molecular formula is C20H32N2O2. The van der Waals surface area contributed by atoms with E-state index in [2.05, 4.69) is 38.1 Å². The number of benzene rings is 1. The van der Waals surface area contributed by atoms with Crippen molar-refractivity contribution in [3.8, 4) is 0 Å². The van der Waals surface area contributed by atoms with Crippen LogP contribution in [0.15, 0.2) is 30.3 Å². The highest BCUT2D eigenvalue weighted by molar-refractivity contribution is 5.69. The van der Waals surface area contributed by atoms with Gasteiger partial charge in [-0.1, -0.05) is 30.3 Å². The van der Waals surface area contributed by atoms with E-state index in [-0.39, 0.29) is 11.6 Å². The van der Waals surface area contributed by atoms with E-state index in [1.807, 2.05) is 31.7 Å². The molecule has 1 aromatic carbocycles. The molecule has 4 nitrogen and oxygen atoms in total. The van der Waals surface area contributed by atoms with Crippen molar-refractivity contribution in [3.63, 3.8) is 0 Å². The van der Waals surface area contributed by atoms with Gasteiger partial charge in [0.2, 0.25) is 0 Å². The minimum atomic E-state index is -0.471. The van der Waals surface area contributed by atoms with E-state index < -0.39 is 5.60 Å². The lowest BCUT2D eigenvalue weighted by molar-refractivity contribution is 0.0130. The monoisotopic (exact) mass is 332 g/mol. The molecular weight excluding hydrogens is 300 g/mol. The molecule has 2 N–H and O–H groups in total. The number of amides is 1. The normalized spacial score (nSPS) is 21.6. The molecule has 1 heterocycles. The molecule has 0 bridgehead atoms. The zero-order chi connectivity index (χ0) is 18.0. The average molecular weight is 332 g/mol.